The van der Waals surface area contributed by atoms with Crippen LogP contribution in [0.15, 0.2) is 30.5 Å². The Morgan fingerprint density at radius 3 is 2.40 bits per heavy atom. The molecule has 2 aliphatic rings. The Labute approximate surface area is 250 Å². The van der Waals surface area contributed by atoms with Crippen LogP contribution in [-0.2, 0) is 0 Å². The molecule has 4 aromatic rings. The van der Waals surface area contributed by atoms with Gasteiger partial charge in [-0.15, -0.1) is 0 Å². The normalized spacial score (nSPS) is 16.8. The number of halogens is 2. The van der Waals surface area contributed by atoms with Gasteiger partial charge >= 0.3 is 0 Å². The van der Waals surface area contributed by atoms with Crippen LogP contribution in [0.4, 0.5) is 20.5 Å². The number of benzene rings is 1. The highest BCUT2D eigenvalue weighted by Crippen LogP contribution is 2.31. The summed E-state index contributed by atoms with van der Waals surface area (Å²) in [6.07, 6.45) is 6.91. The van der Waals surface area contributed by atoms with Crippen LogP contribution in [-0.4, -0.2) is 72.4 Å². The van der Waals surface area contributed by atoms with E-state index in [9.17, 15) is 9.18 Å². The maximum absolute atomic E-state index is 15.1. The van der Waals surface area contributed by atoms with E-state index in [4.69, 9.17) is 0 Å². The van der Waals surface area contributed by atoms with Crippen LogP contribution in [0.25, 0.3) is 22.3 Å². The monoisotopic (exact) mass is 588 g/mol. The smallest absolute Gasteiger partial charge is 0.255 e. The largest absolute Gasteiger partial charge is 0.338 e. The summed E-state index contributed by atoms with van der Waals surface area (Å²) >= 11 is 0. The van der Waals surface area contributed by atoms with Crippen LogP contribution in [0.1, 0.15) is 73.9 Å². The number of aromatic nitrogens is 5. The van der Waals surface area contributed by atoms with Gasteiger partial charge in [-0.3, -0.25) is 4.79 Å². The highest BCUT2D eigenvalue weighted by molar-refractivity contribution is 5.95. The summed E-state index contributed by atoms with van der Waals surface area (Å²) < 4.78 is 31.9. The highest BCUT2D eigenvalue weighted by Gasteiger charge is 2.29. The number of nitrogens with one attached hydrogen (secondary N) is 1. The Hall–Kier alpha value is -3.99. The minimum Gasteiger partial charge on any atom is -0.338 e. The van der Waals surface area contributed by atoms with E-state index in [-0.39, 0.29) is 34.7 Å². The molecule has 0 bridgehead atoms. The molecule has 0 aliphatic carbocycles. The van der Waals surface area contributed by atoms with Gasteiger partial charge in [0.1, 0.15) is 22.9 Å². The zero-order chi connectivity index (χ0) is 30.2. The molecule has 0 atom stereocenters. The van der Waals surface area contributed by atoms with Crippen LogP contribution in [0.2, 0.25) is 0 Å². The molecule has 5 heterocycles. The second-order valence-corrected chi connectivity index (χ2v) is 11.9. The number of fused-ring (bicyclic) bond motifs is 1. The molecule has 1 N–H and O–H groups in total. The number of piperidine rings is 2. The molecule has 9 nitrogen and oxygen atoms in total. The summed E-state index contributed by atoms with van der Waals surface area (Å²) in [6, 6.07) is 7.01. The van der Waals surface area contributed by atoms with Gasteiger partial charge < -0.3 is 19.7 Å². The SMILES string of the molecule is Cc1nc(Nc2ncc(F)c(-c3cc(F)c4nc(C)n(C(C)C)c4c3)n2)ccc1C(=O)N1CCC(N2CCCCC2)CC1. The third-order valence-corrected chi connectivity index (χ3v) is 8.67. The molecule has 0 spiro atoms. The van der Waals surface area contributed by atoms with E-state index in [2.05, 4.69) is 30.2 Å². The number of aryl methyl sites for hydroxylation is 2. The van der Waals surface area contributed by atoms with Gasteiger partial charge in [-0.1, -0.05) is 6.42 Å². The quantitative estimate of drug-likeness (QED) is 0.287. The van der Waals surface area contributed by atoms with E-state index in [0.717, 1.165) is 32.1 Å². The van der Waals surface area contributed by atoms with Crippen LogP contribution >= 0.6 is 0 Å². The zero-order valence-electron chi connectivity index (χ0n) is 25.2. The minimum absolute atomic E-state index is 0.0118. The summed E-state index contributed by atoms with van der Waals surface area (Å²) in [5, 5.41) is 3.01. The van der Waals surface area contributed by atoms with E-state index in [1.165, 1.54) is 38.4 Å². The van der Waals surface area contributed by atoms with Crippen molar-refractivity contribution in [2.45, 2.75) is 71.9 Å². The average Bonchev–Trinajstić information content (AvgIpc) is 3.35. The van der Waals surface area contributed by atoms with Gasteiger partial charge in [0, 0.05) is 30.7 Å². The highest BCUT2D eigenvalue weighted by atomic mass is 19.1. The van der Waals surface area contributed by atoms with Crippen LogP contribution in [0, 0.1) is 25.5 Å². The molecule has 6 rings (SSSR count). The lowest BCUT2D eigenvalue weighted by molar-refractivity contribution is 0.0589. The molecule has 43 heavy (non-hydrogen) atoms. The number of amides is 1. The first-order chi connectivity index (χ1) is 20.7. The Kier molecular flexibility index (Phi) is 8.09. The topological polar surface area (TPSA) is 92.1 Å². The number of pyridine rings is 1. The number of carbonyl (C=O) groups excluding carboxylic acids is 1. The number of hydrogen-bond acceptors (Lipinski definition) is 7. The van der Waals surface area contributed by atoms with E-state index in [0.29, 0.717) is 34.5 Å². The molecular formula is C32H38F2N8O. The first-order valence-electron chi connectivity index (χ1n) is 15.2. The maximum Gasteiger partial charge on any atom is 0.255 e. The van der Waals surface area contributed by atoms with Crippen LogP contribution in [0.5, 0.6) is 0 Å². The summed E-state index contributed by atoms with van der Waals surface area (Å²) in [5.41, 5.74) is 2.20. The first kappa shape index (κ1) is 29.1. The third kappa shape index (κ3) is 5.82. The summed E-state index contributed by atoms with van der Waals surface area (Å²) in [4.78, 5) is 35.2. The molecule has 226 valence electrons. The minimum atomic E-state index is -0.675. The zero-order valence-corrected chi connectivity index (χ0v) is 25.2. The summed E-state index contributed by atoms with van der Waals surface area (Å²) in [7, 11) is 0. The Morgan fingerprint density at radius 2 is 1.70 bits per heavy atom. The fraction of sp³-hybridized carbons (Fsp3) is 0.469. The van der Waals surface area contributed by atoms with Crippen LogP contribution in [0.3, 0.4) is 0 Å². The fourth-order valence-electron chi connectivity index (χ4n) is 6.55. The number of anilines is 2. The number of rotatable bonds is 6. The van der Waals surface area contributed by atoms with Gasteiger partial charge in [-0.2, -0.15) is 0 Å². The Bertz CT molecular complexity index is 1660. The van der Waals surface area contributed by atoms with Gasteiger partial charge in [0.05, 0.1) is 23.0 Å². The van der Waals surface area contributed by atoms with Gasteiger partial charge in [0.15, 0.2) is 11.6 Å². The molecule has 2 aliphatic heterocycles. The van der Waals surface area contributed by atoms with E-state index >= 15 is 4.39 Å². The lowest BCUT2D eigenvalue weighted by atomic mass is 9.99. The second-order valence-electron chi connectivity index (χ2n) is 11.9. The van der Waals surface area contributed by atoms with E-state index < -0.39 is 11.6 Å². The standard InChI is InChI=1S/C32H38F2N8O/c1-19(2)42-21(4)37-30-25(33)16-22(17-27(30)42)29-26(34)18-35-32(39-29)38-28-9-8-24(20(3)36-28)31(43)41-14-10-23(11-15-41)40-12-6-5-7-13-40/h8-9,16-19,23H,5-7,10-15H2,1-4H3,(H,35,36,38,39). The molecule has 2 fully saturated rings. The van der Waals surface area contributed by atoms with Crippen molar-refractivity contribution in [3.05, 3.63) is 59.2 Å². The van der Waals surface area contributed by atoms with E-state index in [1.807, 2.05) is 30.2 Å². The molecule has 11 heteroatoms. The Balaban J connectivity index is 1.18. The predicted molar refractivity (Wildman–Crippen MR) is 162 cm³/mol. The molecule has 1 aromatic carbocycles. The molecular weight excluding hydrogens is 550 g/mol. The lowest BCUT2D eigenvalue weighted by Gasteiger charge is -2.40. The average molecular weight is 589 g/mol. The second kappa shape index (κ2) is 11.9. The Morgan fingerprint density at radius 1 is 0.953 bits per heavy atom. The van der Waals surface area contributed by atoms with Crippen molar-refractivity contribution in [1.29, 1.82) is 0 Å². The maximum atomic E-state index is 15.1. The molecule has 0 unspecified atom stereocenters. The van der Waals surface area contributed by atoms with E-state index in [1.54, 1.807) is 25.1 Å². The van der Waals surface area contributed by atoms with Crippen molar-refractivity contribution in [3.8, 4) is 11.3 Å². The number of likely N-dealkylation sites (tertiary alicyclic amines) is 2. The van der Waals surface area contributed by atoms with Gasteiger partial charge in [-0.25, -0.2) is 28.7 Å². The van der Waals surface area contributed by atoms with Crippen molar-refractivity contribution >= 4 is 28.7 Å². The number of hydrogen-bond donors (Lipinski definition) is 1. The van der Waals surface area contributed by atoms with Crippen LogP contribution < -0.4 is 5.32 Å². The first-order valence-corrected chi connectivity index (χ1v) is 15.2. The number of imidazole rings is 1. The van der Waals surface area contributed by atoms with Crippen molar-refractivity contribution < 1.29 is 13.6 Å². The number of carbonyl (C=O) groups is 1. The van der Waals surface area contributed by atoms with Crippen molar-refractivity contribution in [2.75, 3.05) is 31.5 Å². The van der Waals surface area contributed by atoms with Gasteiger partial charge in [0.25, 0.3) is 5.91 Å². The molecule has 2 saturated heterocycles. The number of nitrogens with zero attached hydrogens (tertiary/aromatic N) is 7. The molecule has 1 amide bonds. The van der Waals surface area contributed by atoms with Gasteiger partial charge in [-0.05, 0) is 90.7 Å². The summed E-state index contributed by atoms with van der Waals surface area (Å²) in [5.74, 6) is -0.0255. The van der Waals surface area contributed by atoms with Crippen molar-refractivity contribution in [2.24, 2.45) is 0 Å². The predicted octanol–water partition coefficient (Wildman–Crippen LogP) is 6.20. The molecule has 0 saturated carbocycles. The fourth-order valence-corrected chi connectivity index (χ4v) is 6.55. The lowest BCUT2D eigenvalue weighted by Crippen LogP contribution is -2.48. The molecule has 3 aromatic heterocycles. The van der Waals surface area contributed by atoms with Gasteiger partial charge in [0.2, 0.25) is 5.95 Å². The summed E-state index contributed by atoms with van der Waals surface area (Å²) in [6.45, 7) is 11.4. The molecule has 0 radical (unpaired) electrons. The third-order valence-electron chi connectivity index (χ3n) is 8.67. The van der Waals surface area contributed by atoms with Crippen molar-refractivity contribution in [1.82, 2.24) is 34.3 Å². The van der Waals surface area contributed by atoms with Crippen molar-refractivity contribution in [3.63, 3.8) is 0 Å².